The minimum absolute atomic E-state index is 0.00517. The highest BCUT2D eigenvalue weighted by molar-refractivity contribution is 7.18. The van der Waals surface area contributed by atoms with Crippen molar-refractivity contribution in [2.45, 2.75) is 25.8 Å². The first-order valence-electron chi connectivity index (χ1n) is 13.3. The molecule has 0 radical (unpaired) electrons. The molecule has 2 N–H and O–H groups in total. The molecule has 2 aromatic carbocycles. The number of fused-ring (bicyclic) bond motifs is 1. The van der Waals surface area contributed by atoms with Crippen molar-refractivity contribution in [1.82, 2.24) is 29.6 Å². The molecule has 1 amide bonds. The fraction of sp³-hybridized carbons (Fsp3) is 0.207. The average molecular weight is 636 g/mol. The maximum absolute atomic E-state index is 13.6. The molecule has 6 rings (SSSR count). The Bertz CT molecular complexity index is 1860. The van der Waals surface area contributed by atoms with E-state index < -0.39 is 6.04 Å². The summed E-state index contributed by atoms with van der Waals surface area (Å²) in [7, 11) is 0. The van der Waals surface area contributed by atoms with Crippen LogP contribution >= 0.6 is 34.5 Å². The lowest BCUT2D eigenvalue weighted by Crippen LogP contribution is -2.43. The lowest BCUT2D eigenvalue weighted by atomic mass is 10.1. The van der Waals surface area contributed by atoms with Gasteiger partial charge in [0.25, 0.3) is 0 Å². The fourth-order valence-corrected chi connectivity index (χ4v) is 6.14. The number of halogens is 2. The van der Waals surface area contributed by atoms with Crippen LogP contribution in [0.5, 0.6) is 0 Å². The van der Waals surface area contributed by atoms with E-state index in [0.29, 0.717) is 55.3 Å². The highest BCUT2D eigenvalue weighted by atomic mass is 35.5. The van der Waals surface area contributed by atoms with Crippen LogP contribution < -0.4 is 10.6 Å². The number of carbonyl (C=O) groups excluding carboxylic acids is 3. The number of hydrogen-bond acceptors (Lipinski definition) is 10. The molecule has 1 aliphatic rings. The van der Waals surface area contributed by atoms with Crippen molar-refractivity contribution in [2.24, 2.45) is 0 Å². The van der Waals surface area contributed by atoms with Gasteiger partial charge in [-0.25, -0.2) is 9.97 Å². The summed E-state index contributed by atoms with van der Waals surface area (Å²) in [5, 5.41) is 16.7. The van der Waals surface area contributed by atoms with Gasteiger partial charge in [-0.3, -0.25) is 29.2 Å². The number of likely N-dealkylation sites (tertiary alicyclic amines) is 1. The number of carbonyl (C=O) groups is 3. The zero-order chi connectivity index (χ0) is 30.1. The average Bonchev–Trinajstić information content (AvgIpc) is 3.74. The number of hydrogen-bond donors (Lipinski definition) is 2. The van der Waals surface area contributed by atoms with E-state index in [2.05, 4.69) is 30.8 Å². The summed E-state index contributed by atoms with van der Waals surface area (Å²) in [5.41, 5.74) is 3.20. The molecule has 5 aromatic rings. The number of benzene rings is 2. The Kier molecular flexibility index (Phi) is 8.17. The van der Waals surface area contributed by atoms with Crippen molar-refractivity contribution >= 4 is 79.5 Å². The summed E-state index contributed by atoms with van der Waals surface area (Å²) in [6.07, 6.45) is 7.65. The first kappa shape index (κ1) is 28.9. The molecule has 1 fully saturated rings. The van der Waals surface area contributed by atoms with E-state index in [9.17, 15) is 14.4 Å². The van der Waals surface area contributed by atoms with Crippen LogP contribution in [0, 0.1) is 0 Å². The van der Waals surface area contributed by atoms with E-state index in [0.717, 1.165) is 17.7 Å². The van der Waals surface area contributed by atoms with Gasteiger partial charge in [-0.2, -0.15) is 0 Å². The summed E-state index contributed by atoms with van der Waals surface area (Å²) in [5.74, 6) is -0.663. The predicted octanol–water partition coefficient (Wildman–Crippen LogP) is 5.95. The van der Waals surface area contributed by atoms with Crippen LogP contribution in [-0.2, 0) is 4.79 Å². The number of nitrogens with zero attached hydrogens (tertiary/aromatic N) is 6. The zero-order valence-electron chi connectivity index (χ0n) is 22.8. The molecule has 14 heteroatoms. The molecule has 0 unspecified atom stereocenters. The Morgan fingerprint density at radius 2 is 1.84 bits per heavy atom. The van der Waals surface area contributed by atoms with E-state index in [1.807, 2.05) is 17.0 Å². The lowest BCUT2D eigenvalue weighted by Gasteiger charge is -2.22. The van der Waals surface area contributed by atoms with Gasteiger partial charge < -0.3 is 5.32 Å². The van der Waals surface area contributed by atoms with Crippen LogP contribution in [0.1, 0.15) is 34.9 Å². The Morgan fingerprint density at radius 1 is 1.02 bits per heavy atom. The number of nitrogens with one attached hydrogen (secondary N) is 2. The van der Waals surface area contributed by atoms with Gasteiger partial charge in [0.15, 0.2) is 5.78 Å². The molecule has 0 aliphatic carbocycles. The monoisotopic (exact) mass is 634 g/mol. The minimum atomic E-state index is -0.515. The third-order valence-electron chi connectivity index (χ3n) is 7.13. The predicted molar refractivity (Wildman–Crippen MR) is 166 cm³/mol. The van der Waals surface area contributed by atoms with E-state index in [1.54, 1.807) is 42.9 Å². The maximum Gasteiger partial charge on any atom is 0.245 e. The molecule has 1 atom stereocenters. The van der Waals surface area contributed by atoms with Crippen LogP contribution in [0.2, 0.25) is 10.0 Å². The summed E-state index contributed by atoms with van der Waals surface area (Å²) in [4.78, 5) is 49.2. The van der Waals surface area contributed by atoms with Crippen molar-refractivity contribution in [3.63, 3.8) is 0 Å². The van der Waals surface area contributed by atoms with Gasteiger partial charge >= 0.3 is 0 Å². The van der Waals surface area contributed by atoms with Crippen molar-refractivity contribution in [2.75, 3.05) is 23.7 Å². The first-order valence-corrected chi connectivity index (χ1v) is 14.9. The maximum atomic E-state index is 13.6. The van der Waals surface area contributed by atoms with Gasteiger partial charge in [-0.15, -0.1) is 10.2 Å². The number of ketones is 1. The lowest BCUT2D eigenvalue weighted by molar-refractivity contribution is -0.120. The molecule has 218 valence electrons. The molecule has 1 saturated heterocycles. The summed E-state index contributed by atoms with van der Waals surface area (Å²) in [6.45, 7) is 2.06. The first-order chi connectivity index (χ1) is 20.8. The number of amides is 1. The molecule has 1 aliphatic heterocycles. The van der Waals surface area contributed by atoms with Crippen LogP contribution in [0.15, 0.2) is 61.3 Å². The largest absolute Gasteiger partial charge is 0.353 e. The van der Waals surface area contributed by atoms with Gasteiger partial charge in [0, 0.05) is 28.4 Å². The van der Waals surface area contributed by atoms with E-state index in [4.69, 9.17) is 23.2 Å². The molecule has 3 aromatic heterocycles. The van der Waals surface area contributed by atoms with Gasteiger partial charge in [-0.1, -0.05) is 40.6 Å². The smallest absolute Gasteiger partial charge is 0.245 e. The van der Waals surface area contributed by atoms with Crippen LogP contribution in [0.4, 0.5) is 16.5 Å². The third-order valence-corrected chi connectivity index (χ3v) is 8.75. The quantitative estimate of drug-likeness (QED) is 0.199. The topological polar surface area (TPSA) is 135 Å². The van der Waals surface area contributed by atoms with Crippen LogP contribution in [0.25, 0.3) is 21.5 Å². The van der Waals surface area contributed by atoms with Crippen molar-refractivity contribution in [3.8, 4) is 10.6 Å². The molecular weight excluding hydrogens is 611 g/mol. The second-order valence-electron chi connectivity index (χ2n) is 10.0. The SMILES string of the molecule is CC(=O)c1cn(C(=O)CN2CCC[C@H]2C(=O)Nc2nnc(-c3ccc(Cl)c(Cl)c3)s2)c2ccc(Nc3cncnc3)cc12. The standard InChI is InChI=1S/C29H24Cl2N8O3S/c1-16(40)21-13-39(24-7-5-18(10-20(21)24)34-19-11-32-15-33-12-19)26(41)14-38-8-2-3-25(38)27(42)35-29-37-36-28(43-29)17-4-6-22(30)23(31)9-17/h4-7,9-13,15,25,34H,2-3,8,14H2,1H3,(H,35,37,42)/t25-/m0/s1. The fourth-order valence-electron chi connectivity index (χ4n) is 5.10. The second kappa shape index (κ2) is 12.2. The number of anilines is 3. The van der Waals surface area contributed by atoms with Crippen molar-refractivity contribution < 1.29 is 14.4 Å². The molecule has 0 spiro atoms. The summed E-state index contributed by atoms with van der Waals surface area (Å²) in [6, 6.07) is 10.1. The van der Waals surface area contributed by atoms with Gasteiger partial charge in [0.1, 0.15) is 11.3 Å². The summed E-state index contributed by atoms with van der Waals surface area (Å²) >= 11 is 13.4. The van der Waals surface area contributed by atoms with Gasteiger partial charge in [0.2, 0.25) is 16.9 Å². The van der Waals surface area contributed by atoms with Crippen molar-refractivity contribution in [3.05, 3.63) is 76.9 Å². The molecule has 0 bridgehead atoms. The van der Waals surface area contributed by atoms with E-state index >= 15 is 0 Å². The second-order valence-corrected chi connectivity index (χ2v) is 11.8. The van der Waals surface area contributed by atoms with Crippen LogP contribution in [-0.4, -0.2) is 66.4 Å². The highest BCUT2D eigenvalue weighted by Crippen LogP contribution is 2.32. The van der Waals surface area contributed by atoms with E-state index in [-0.39, 0.29) is 24.1 Å². The Morgan fingerprint density at radius 3 is 2.60 bits per heavy atom. The normalized spacial score (nSPS) is 15.1. The Hall–Kier alpha value is -4.23. The number of rotatable bonds is 8. The van der Waals surface area contributed by atoms with Gasteiger partial charge in [0.05, 0.1) is 46.2 Å². The molecule has 0 saturated carbocycles. The van der Waals surface area contributed by atoms with Crippen LogP contribution in [0.3, 0.4) is 0 Å². The summed E-state index contributed by atoms with van der Waals surface area (Å²) < 4.78 is 1.49. The minimum Gasteiger partial charge on any atom is -0.353 e. The third kappa shape index (κ3) is 6.13. The molecule has 43 heavy (non-hydrogen) atoms. The van der Waals surface area contributed by atoms with Crippen molar-refractivity contribution in [1.29, 1.82) is 0 Å². The zero-order valence-corrected chi connectivity index (χ0v) is 25.1. The van der Waals surface area contributed by atoms with E-state index in [1.165, 1.54) is 29.2 Å². The molecular formula is C29H24Cl2N8O3S. The molecule has 4 heterocycles. The Labute approximate surface area is 259 Å². The molecule has 11 nitrogen and oxygen atoms in total. The highest BCUT2D eigenvalue weighted by Gasteiger charge is 2.33. The number of aromatic nitrogens is 5. The van der Waals surface area contributed by atoms with Gasteiger partial charge in [-0.05, 0) is 56.6 Å². The number of Topliss-reactive ketones (excluding diaryl/α,β-unsaturated/α-hetero) is 1. The Balaban J connectivity index is 1.17.